The van der Waals surface area contributed by atoms with Crippen LogP contribution in [0.15, 0.2) is 48.5 Å². The SMILES string of the molecule is Cc1ccc2c3nc4cc(C(F)(F)F)c(C(F)(F)F)cc4nc3c3c4c(C)ccc5c6nc7cc(C(F)(F)F)c(C(F)(F)F)cc7nc6c(c1c23)c54. The molecule has 9 rings (SSSR count). The molecule has 0 unspecified atom stereocenters. The van der Waals surface area contributed by atoms with Crippen molar-refractivity contribution >= 4 is 87.2 Å². The maximum atomic E-state index is 13.9. The van der Waals surface area contributed by atoms with E-state index in [4.69, 9.17) is 0 Å². The van der Waals surface area contributed by atoms with Crippen LogP contribution in [0.4, 0.5) is 52.7 Å². The van der Waals surface area contributed by atoms with Gasteiger partial charge in [-0.1, -0.05) is 24.3 Å². The average Bonchev–Trinajstić information content (AvgIpc) is 3.52. The molecule has 0 saturated heterocycles. The summed E-state index contributed by atoms with van der Waals surface area (Å²) >= 11 is 0. The maximum absolute atomic E-state index is 13.9. The van der Waals surface area contributed by atoms with Gasteiger partial charge >= 0.3 is 24.7 Å². The Bertz CT molecular complexity index is 2820. The summed E-state index contributed by atoms with van der Waals surface area (Å²) < 4.78 is 166. The Morgan fingerprint density at radius 2 is 0.615 bits per heavy atom. The van der Waals surface area contributed by atoms with Crippen LogP contribution in [-0.2, 0) is 24.7 Å². The molecule has 0 N–H and O–H groups in total. The van der Waals surface area contributed by atoms with Gasteiger partial charge in [-0.3, -0.25) is 0 Å². The van der Waals surface area contributed by atoms with Crippen LogP contribution >= 0.6 is 0 Å². The summed E-state index contributed by atoms with van der Waals surface area (Å²) in [4.78, 5) is 17.8. The second kappa shape index (κ2) is 9.66. The number of alkyl halides is 12. The lowest BCUT2D eigenvalue weighted by atomic mass is 9.92. The molecular formula is C36H14F12N4. The second-order valence-electron chi connectivity index (χ2n) is 12.7. The first kappa shape index (κ1) is 32.4. The summed E-state index contributed by atoms with van der Waals surface area (Å²) in [7, 11) is 0. The van der Waals surface area contributed by atoms with Gasteiger partial charge in [-0.25, -0.2) is 19.9 Å². The van der Waals surface area contributed by atoms with Crippen LogP contribution in [0.25, 0.3) is 87.2 Å². The fraction of sp³-hybridized carbons (Fsp3) is 0.167. The number of aromatic nitrogens is 4. The maximum Gasteiger partial charge on any atom is 0.417 e. The molecule has 7 aromatic carbocycles. The van der Waals surface area contributed by atoms with E-state index in [9.17, 15) is 52.7 Å². The Hall–Kier alpha value is -5.54. The van der Waals surface area contributed by atoms with Crippen molar-refractivity contribution in [2.45, 2.75) is 38.6 Å². The minimum Gasteiger partial charge on any atom is -0.244 e. The number of fused-ring (bicyclic) bond motifs is 10. The Labute approximate surface area is 280 Å². The number of halogens is 12. The number of hydrogen-bond acceptors (Lipinski definition) is 4. The first-order valence-corrected chi connectivity index (χ1v) is 15.2. The summed E-state index contributed by atoms with van der Waals surface area (Å²) in [5.74, 6) is 0. The highest BCUT2D eigenvalue weighted by Gasteiger charge is 2.45. The number of hydrogen-bond donors (Lipinski definition) is 0. The van der Waals surface area contributed by atoms with Crippen LogP contribution in [0.3, 0.4) is 0 Å². The summed E-state index contributed by atoms with van der Waals surface area (Å²) in [5, 5.41) is 3.48. The zero-order valence-electron chi connectivity index (χ0n) is 25.9. The highest BCUT2D eigenvalue weighted by molar-refractivity contribution is 6.47. The number of nitrogens with zero attached hydrogens (tertiary/aromatic N) is 4. The molecule has 0 amide bonds. The minimum absolute atomic E-state index is 0.0875. The van der Waals surface area contributed by atoms with E-state index in [0.29, 0.717) is 78.5 Å². The summed E-state index contributed by atoms with van der Waals surface area (Å²) in [6, 6.07) is 7.84. The molecule has 262 valence electrons. The quantitative estimate of drug-likeness (QED) is 0.115. The lowest BCUT2D eigenvalue weighted by molar-refractivity contribution is -0.161. The lowest BCUT2D eigenvalue weighted by Crippen LogP contribution is -2.16. The summed E-state index contributed by atoms with van der Waals surface area (Å²) in [6.07, 6.45) is -21.5. The standard InChI is InChI=1S/C36H14F12N4/c1-11-3-5-13-25-23(11)27-26-14(30-31(27)51-21-9-17(35(43,44)45)15(33(37,38)39)7-19(21)50-30)6-4-12(2)24(26)28(25)32-29(13)49-20-8-16(34(40,41)42)18(36(46,47)48)10-22(20)52-32/h3-10H,1-2H3. The van der Waals surface area contributed by atoms with Gasteiger partial charge in [-0.2, -0.15) is 52.7 Å². The van der Waals surface area contributed by atoms with E-state index in [1.165, 1.54) is 0 Å². The number of rotatable bonds is 0. The van der Waals surface area contributed by atoms with Crippen molar-refractivity contribution in [1.82, 2.24) is 19.9 Å². The third-order valence-electron chi connectivity index (χ3n) is 9.64. The molecule has 4 nitrogen and oxygen atoms in total. The van der Waals surface area contributed by atoms with Crippen LogP contribution in [0.2, 0.25) is 0 Å². The third-order valence-corrected chi connectivity index (χ3v) is 9.64. The summed E-state index contributed by atoms with van der Waals surface area (Å²) in [6.45, 7) is 3.44. The molecule has 2 heterocycles. The van der Waals surface area contributed by atoms with Crippen LogP contribution in [-0.4, -0.2) is 19.9 Å². The van der Waals surface area contributed by atoms with E-state index in [1.807, 2.05) is 0 Å². The minimum atomic E-state index is -5.37. The Morgan fingerprint density at radius 3 is 0.885 bits per heavy atom. The van der Waals surface area contributed by atoms with Crippen molar-refractivity contribution < 1.29 is 52.7 Å². The number of benzene rings is 5. The van der Waals surface area contributed by atoms with E-state index >= 15 is 0 Å². The largest absolute Gasteiger partial charge is 0.417 e. The molecule has 9 aromatic rings. The molecule has 0 aliphatic rings. The van der Waals surface area contributed by atoms with Gasteiger partial charge in [0, 0.05) is 32.3 Å². The zero-order valence-corrected chi connectivity index (χ0v) is 25.9. The number of aryl methyl sites for hydroxylation is 2. The van der Waals surface area contributed by atoms with E-state index in [-0.39, 0.29) is 22.1 Å². The molecule has 0 saturated carbocycles. The molecule has 16 heteroatoms. The van der Waals surface area contributed by atoms with Gasteiger partial charge in [0.2, 0.25) is 0 Å². The first-order chi connectivity index (χ1) is 24.1. The fourth-order valence-corrected chi connectivity index (χ4v) is 7.56. The molecule has 0 fully saturated rings. The monoisotopic (exact) mass is 730 g/mol. The molecule has 0 spiro atoms. The van der Waals surface area contributed by atoms with E-state index in [2.05, 4.69) is 19.9 Å². The van der Waals surface area contributed by atoms with Gasteiger partial charge in [0.15, 0.2) is 0 Å². The van der Waals surface area contributed by atoms with Gasteiger partial charge in [-0.05, 0) is 60.0 Å². The van der Waals surface area contributed by atoms with Gasteiger partial charge in [0.05, 0.1) is 66.4 Å². The highest BCUT2D eigenvalue weighted by atomic mass is 19.4. The molecule has 0 aliphatic carbocycles. The Balaban J connectivity index is 1.49. The molecule has 52 heavy (non-hydrogen) atoms. The van der Waals surface area contributed by atoms with Gasteiger partial charge in [0.1, 0.15) is 0 Å². The lowest BCUT2D eigenvalue weighted by Gasteiger charge is -2.16. The van der Waals surface area contributed by atoms with Crippen LogP contribution in [0.1, 0.15) is 33.4 Å². The predicted molar refractivity (Wildman–Crippen MR) is 170 cm³/mol. The smallest absolute Gasteiger partial charge is 0.244 e. The average molecular weight is 731 g/mol. The normalized spacial score (nSPS) is 14.0. The predicted octanol–water partition coefficient (Wildman–Crippen LogP) is 12.1. The highest BCUT2D eigenvalue weighted by Crippen LogP contribution is 2.52. The third kappa shape index (κ3) is 4.26. The van der Waals surface area contributed by atoms with Gasteiger partial charge in [-0.15, -0.1) is 0 Å². The van der Waals surface area contributed by atoms with Crippen molar-refractivity contribution in [3.63, 3.8) is 0 Å². The fourth-order valence-electron chi connectivity index (χ4n) is 7.56. The first-order valence-electron chi connectivity index (χ1n) is 15.2. The zero-order chi connectivity index (χ0) is 37.2. The Kier molecular flexibility index (Phi) is 6.01. The van der Waals surface area contributed by atoms with E-state index < -0.39 is 69.0 Å². The molecule has 0 radical (unpaired) electrons. The van der Waals surface area contributed by atoms with Crippen LogP contribution in [0, 0.1) is 13.8 Å². The molecule has 0 atom stereocenters. The van der Waals surface area contributed by atoms with Crippen molar-refractivity contribution in [1.29, 1.82) is 0 Å². The topological polar surface area (TPSA) is 51.6 Å². The van der Waals surface area contributed by atoms with Gasteiger partial charge < -0.3 is 0 Å². The molecule has 2 aromatic heterocycles. The second-order valence-corrected chi connectivity index (χ2v) is 12.7. The van der Waals surface area contributed by atoms with E-state index in [1.54, 1.807) is 38.1 Å². The van der Waals surface area contributed by atoms with Crippen LogP contribution in [0.5, 0.6) is 0 Å². The van der Waals surface area contributed by atoms with E-state index in [0.717, 1.165) is 0 Å². The Morgan fingerprint density at radius 1 is 0.346 bits per heavy atom. The molecule has 0 bridgehead atoms. The molecule has 0 aliphatic heterocycles. The van der Waals surface area contributed by atoms with Crippen molar-refractivity contribution in [2.75, 3.05) is 0 Å². The van der Waals surface area contributed by atoms with Crippen molar-refractivity contribution in [3.05, 3.63) is 81.9 Å². The summed E-state index contributed by atoms with van der Waals surface area (Å²) in [5.41, 5.74) is -7.88. The molecular weight excluding hydrogens is 716 g/mol. The van der Waals surface area contributed by atoms with Crippen molar-refractivity contribution in [3.8, 4) is 0 Å². The van der Waals surface area contributed by atoms with Crippen molar-refractivity contribution in [2.24, 2.45) is 0 Å². The van der Waals surface area contributed by atoms with Crippen LogP contribution < -0.4 is 0 Å². The van der Waals surface area contributed by atoms with Gasteiger partial charge in [0.25, 0.3) is 0 Å².